The second-order valence-corrected chi connectivity index (χ2v) is 11.6. The van der Waals surface area contributed by atoms with Gasteiger partial charge >= 0.3 is 0 Å². The molecule has 2 aliphatic heterocycles. The van der Waals surface area contributed by atoms with E-state index in [2.05, 4.69) is 18.4 Å². The van der Waals surface area contributed by atoms with Gasteiger partial charge in [0.25, 0.3) is 11.8 Å². The fraction of sp³-hybridized carbons (Fsp3) is 0.371. The van der Waals surface area contributed by atoms with Crippen LogP contribution in [0.25, 0.3) is 0 Å². The van der Waals surface area contributed by atoms with Crippen molar-refractivity contribution in [2.75, 3.05) is 18.0 Å². The standard InChI is InChI=1S/C35H38N2O5/c1-3-19-36(27-10-4-5-11-27)21-31-23(2)32(25-17-15-24(22-38)16-18-25)42-35(41-31)26-9-8-12-28(20-26)37-33(39)29-13-6-7-14-30(29)34(37)40/h3,6-9,12-18,20,23,27,31-32,35,38H,1,4-5,10-11,19,21-22H2,2H3. The van der Waals surface area contributed by atoms with Gasteiger partial charge in [-0.15, -0.1) is 6.58 Å². The van der Waals surface area contributed by atoms with E-state index in [-0.39, 0.29) is 36.5 Å². The molecule has 3 aromatic carbocycles. The number of carbonyl (C=O) groups excluding carboxylic acids is 2. The molecule has 0 spiro atoms. The third kappa shape index (κ3) is 5.45. The van der Waals surface area contributed by atoms with Gasteiger partial charge in [-0.2, -0.15) is 0 Å². The second-order valence-electron chi connectivity index (χ2n) is 11.6. The van der Waals surface area contributed by atoms with Crippen LogP contribution in [-0.4, -0.2) is 47.1 Å². The van der Waals surface area contributed by atoms with E-state index in [1.165, 1.54) is 30.6 Å². The summed E-state index contributed by atoms with van der Waals surface area (Å²) >= 11 is 0. The Morgan fingerprint density at radius 3 is 2.26 bits per heavy atom. The molecule has 2 fully saturated rings. The van der Waals surface area contributed by atoms with Gasteiger partial charge in [0.05, 0.1) is 35.6 Å². The molecule has 4 atom stereocenters. The number of anilines is 1. The highest BCUT2D eigenvalue weighted by Crippen LogP contribution is 2.43. The Hall–Kier alpha value is -3.62. The van der Waals surface area contributed by atoms with Crippen molar-refractivity contribution in [3.63, 3.8) is 0 Å². The van der Waals surface area contributed by atoms with Crippen LogP contribution in [0.2, 0.25) is 0 Å². The molecule has 0 bridgehead atoms. The fourth-order valence-corrected chi connectivity index (χ4v) is 6.60. The number of fused-ring (bicyclic) bond motifs is 1. The van der Waals surface area contributed by atoms with Crippen molar-refractivity contribution < 1.29 is 24.2 Å². The lowest BCUT2D eigenvalue weighted by Gasteiger charge is -2.43. The number of aliphatic hydroxyl groups excluding tert-OH is 1. The second kappa shape index (κ2) is 12.3. The van der Waals surface area contributed by atoms with Gasteiger partial charge in [0.1, 0.15) is 0 Å². The quantitative estimate of drug-likeness (QED) is 0.245. The van der Waals surface area contributed by atoms with Crippen LogP contribution >= 0.6 is 0 Å². The number of ether oxygens (including phenoxy) is 2. The van der Waals surface area contributed by atoms with Crippen LogP contribution in [0.4, 0.5) is 5.69 Å². The van der Waals surface area contributed by atoms with Gasteiger partial charge in [-0.05, 0) is 48.2 Å². The molecule has 2 heterocycles. The van der Waals surface area contributed by atoms with Crippen molar-refractivity contribution >= 4 is 17.5 Å². The van der Waals surface area contributed by atoms with Crippen LogP contribution in [0.5, 0.6) is 0 Å². The largest absolute Gasteiger partial charge is 0.392 e. The molecule has 2 amide bonds. The van der Waals surface area contributed by atoms with E-state index < -0.39 is 6.29 Å². The molecule has 3 aromatic rings. The van der Waals surface area contributed by atoms with Gasteiger partial charge in [-0.25, -0.2) is 4.90 Å². The lowest BCUT2D eigenvalue weighted by molar-refractivity contribution is -0.276. The number of hydrogen-bond acceptors (Lipinski definition) is 6. The Morgan fingerprint density at radius 1 is 0.929 bits per heavy atom. The summed E-state index contributed by atoms with van der Waals surface area (Å²) in [4.78, 5) is 30.1. The van der Waals surface area contributed by atoms with Crippen LogP contribution in [0.1, 0.15) is 82.4 Å². The first-order chi connectivity index (χ1) is 20.5. The number of aliphatic hydroxyl groups is 1. The predicted molar refractivity (Wildman–Crippen MR) is 161 cm³/mol. The lowest BCUT2D eigenvalue weighted by atomic mass is 9.89. The summed E-state index contributed by atoms with van der Waals surface area (Å²) in [6, 6.07) is 22.6. The van der Waals surface area contributed by atoms with Gasteiger partial charge < -0.3 is 14.6 Å². The van der Waals surface area contributed by atoms with E-state index in [0.717, 1.165) is 29.8 Å². The normalized spacial score (nSPS) is 24.4. The van der Waals surface area contributed by atoms with E-state index >= 15 is 0 Å². The average Bonchev–Trinajstić information content (AvgIpc) is 3.65. The molecule has 6 rings (SSSR count). The molecule has 7 nitrogen and oxygen atoms in total. The summed E-state index contributed by atoms with van der Waals surface area (Å²) in [5.74, 6) is -0.610. The monoisotopic (exact) mass is 566 g/mol. The minimum atomic E-state index is -0.696. The van der Waals surface area contributed by atoms with Gasteiger partial charge in [-0.3, -0.25) is 14.5 Å². The topological polar surface area (TPSA) is 79.3 Å². The van der Waals surface area contributed by atoms with E-state index in [1.807, 2.05) is 48.5 Å². The minimum absolute atomic E-state index is 0.0157. The maximum absolute atomic E-state index is 13.2. The maximum atomic E-state index is 13.2. The highest BCUT2D eigenvalue weighted by Gasteiger charge is 2.41. The Labute approximate surface area is 247 Å². The lowest BCUT2D eigenvalue weighted by Crippen LogP contribution is -2.47. The van der Waals surface area contributed by atoms with Crippen LogP contribution in [0, 0.1) is 5.92 Å². The van der Waals surface area contributed by atoms with Crippen molar-refractivity contribution in [2.24, 2.45) is 5.92 Å². The van der Waals surface area contributed by atoms with Crippen LogP contribution in [0.15, 0.2) is 85.5 Å². The van der Waals surface area contributed by atoms with E-state index in [1.54, 1.807) is 30.3 Å². The van der Waals surface area contributed by atoms with Crippen molar-refractivity contribution in [2.45, 2.75) is 63.8 Å². The highest BCUT2D eigenvalue weighted by atomic mass is 16.7. The van der Waals surface area contributed by atoms with Crippen molar-refractivity contribution in [3.05, 3.63) is 113 Å². The van der Waals surface area contributed by atoms with Crippen LogP contribution < -0.4 is 4.90 Å². The first-order valence-electron chi connectivity index (χ1n) is 14.9. The Morgan fingerprint density at radius 2 is 1.62 bits per heavy atom. The summed E-state index contributed by atoms with van der Waals surface area (Å²) in [7, 11) is 0. The zero-order chi connectivity index (χ0) is 29.2. The Balaban J connectivity index is 1.31. The molecule has 1 aliphatic carbocycles. The summed E-state index contributed by atoms with van der Waals surface area (Å²) < 4.78 is 13.4. The molecule has 0 radical (unpaired) electrons. The molecule has 1 saturated heterocycles. The molecule has 0 aromatic heterocycles. The minimum Gasteiger partial charge on any atom is -0.392 e. The smallest absolute Gasteiger partial charge is 0.266 e. The zero-order valence-electron chi connectivity index (χ0n) is 24.0. The fourth-order valence-electron chi connectivity index (χ4n) is 6.60. The average molecular weight is 567 g/mol. The SMILES string of the molecule is C=CCN(CC1OC(c2cccc(N3C(=O)c4ccccc4C3=O)c2)OC(c2ccc(CO)cc2)C1C)C1CCCC1. The number of amides is 2. The van der Waals surface area contributed by atoms with Crippen molar-refractivity contribution in [1.29, 1.82) is 0 Å². The zero-order valence-corrected chi connectivity index (χ0v) is 24.0. The van der Waals surface area contributed by atoms with E-state index in [0.29, 0.717) is 22.9 Å². The van der Waals surface area contributed by atoms with Gasteiger partial charge in [-0.1, -0.05) is 74.4 Å². The van der Waals surface area contributed by atoms with Gasteiger partial charge in [0, 0.05) is 30.6 Å². The van der Waals surface area contributed by atoms with E-state index in [4.69, 9.17) is 9.47 Å². The molecule has 3 aliphatic rings. The van der Waals surface area contributed by atoms with E-state index in [9.17, 15) is 14.7 Å². The number of imide groups is 1. The number of rotatable bonds is 9. The van der Waals surface area contributed by atoms with Crippen LogP contribution in [0.3, 0.4) is 0 Å². The molecular weight excluding hydrogens is 528 g/mol. The van der Waals surface area contributed by atoms with Crippen molar-refractivity contribution in [1.82, 2.24) is 4.90 Å². The summed E-state index contributed by atoms with van der Waals surface area (Å²) in [6.07, 6.45) is 5.75. The molecule has 42 heavy (non-hydrogen) atoms. The molecule has 218 valence electrons. The summed E-state index contributed by atoms with van der Waals surface area (Å²) in [6.45, 7) is 7.72. The maximum Gasteiger partial charge on any atom is 0.266 e. The Kier molecular flexibility index (Phi) is 8.36. The van der Waals surface area contributed by atoms with Crippen LogP contribution in [-0.2, 0) is 16.1 Å². The highest BCUT2D eigenvalue weighted by molar-refractivity contribution is 6.34. The predicted octanol–water partition coefficient (Wildman–Crippen LogP) is 6.20. The summed E-state index contributed by atoms with van der Waals surface area (Å²) in [5, 5.41) is 9.57. The molecule has 4 unspecified atom stereocenters. The van der Waals surface area contributed by atoms with Gasteiger partial charge in [0.2, 0.25) is 0 Å². The van der Waals surface area contributed by atoms with Gasteiger partial charge in [0.15, 0.2) is 6.29 Å². The first kappa shape index (κ1) is 28.5. The first-order valence-corrected chi connectivity index (χ1v) is 14.9. The Bertz CT molecular complexity index is 1410. The third-order valence-electron chi connectivity index (χ3n) is 8.94. The number of benzene rings is 3. The number of hydrogen-bond donors (Lipinski definition) is 1. The molecule has 1 N–H and O–H groups in total. The molecule has 7 heteroatoms. The molecule has 1 saturated carbocycles. The van der Waals surface area contributed by atoms with Crippen molar-refractivity contribution in [3.8, 4) is 0 Å². The number of nitrogens with zero attached hydrogens (tertiary/aromatic N) is 2. The summed E-state index contributed by atoms with van der Waals surface area (Å²) in [5.41, 5.74) is 3.92. The number of carbonyl (C=O) groups is 2. The molecular formula is C35H38N2O5. The third-order valence-corrected chi connectivity index (χ3v) is 8.94.